The maximum absolute atomic E-state index is 10.9. The Bertz CT molecular complexity index is 44.7. The number of hydrogen-bond acceptors (Lipinski definition) is 2. The number of hydrogen-bond donors (Lipinski definition) is 1. The second-order valence-electron chi connectivity index (χ2n) is 0.920. The molecule has 0 fully saturated rings. The lowest BCUT2D eigenvalue weighted by Gasteiger charge is -1.95. The minimum absolute atomic E-state index is 0. The van der Waals surface area contributed by atoms with Crippen LogP contribution >= 0.6 is 0 Å². The van der Waals surface area contributed by atoms with E-state index in [2.05, 4.69) is 4.74 Å². The van der Waals surface area contributed by atoms with E-state index in [0.717, 1.165) is 0 Å². The summed E-state index contributed by atoms with van der Waals surface area (Å²) in [6, 6.07) is 0. The Labute approximate surface area is 61.4 Å². The van der Waals surface area contributed by atoms with E-state index in [-0.39, 0.29) is 20.6 Å². The molecule has 0 aromatic heterocycles. The molecule has 0 bridgehead atoms. The van der Waals surface area contributed by atoms with Crippen LogP contribution in [0.15, 0.2) is 0 Å². The largest absolute Gasteiger partial charge is 0.345 e. The van der Waals surface area contributed by atoms with Gasteiger partial charge in [0.2, 0.25) is 0 Å². The summed E-state index contributed by atoms with van der Waals surface area (Å²) in [7, 11) is 0. The molecule has 0 amide bonds. The quantitative estimate of drug-likeness (QED) is 0.678. The summed E-state index contributed by atoms with van der Waals surface area (Å²) >= 11 is 0. The molecular formula is C6H17F2NO. The number of rotatable bonds is 3. The monoisotopic (exact) mass is 157 g/mol. The van der Waals surface area contributed by atoms with E-state index in [1.807, 2.05) is 13.8 Å². The van der Waals surface area contributed by atoms with Crippen LogP contribution in [0.5, 0.6) is 0 Å². The van der Waals surface area contributed by atoms with Gasteiger partial charge in [0.1, 0.15) is 0 Å². The van der Waals surface area contributed by atoms with Crippen LogP contribution in [0.25, 0.3) is 0 Å². The molecule has 66 valence electrons. The fourth-order valence-electron chi connectivity index (χ4n) is 0.157. The molecule has 2 N–H and O–H groups in total. The van der Waals surface area contributed by atoms with Crippen molar-refractivity contribution in [3.63, 3.8) is 0 Å². The first-order valence-electron chi connectivity index (χ1n) is 2.87. The zero-order valence-corrected chi connectivity index (χ0v) is 5.73. The van der Waals surface area contributed by atoms with Gasteiger partial charge in [0.15, 0.2) is 0 Å². The van der Waals surface area contributed by atoms with Gasteiger partial charge >= 0.3 is 6.61 Å². The van der Waals surface area contributed by atoms with Crippen molar-refractivity contribution >= 4 is 0 Å². The molecule has 0 aromatic carbocycles. The first-order chi connectivity index (χ1) is 4.27. The molecule has 0 atom stereocenters. The second kappa shape index (κ2) is 15.9. The Balaban J connectivity index is -0.000000149. The minimum Gasteiger partial charge on any atom is -0.328 e. The molecule has 0 saturated heterocycles. The molecule has 0 aliphatic heterocycles. The van der Waals surface area contributed by atoms with Gasteiger partial charge in [0.25, 0.3) is 0 Å². The van der Waals surface area contributed by atoms with Crippen LogP contribution in [0.2, 0.25) is 0 Å². The SMILES string of the molecule is C.CC.NCCOC(F)F. The van der Waals surface area contributed by atoms with Crippen LogP contribution in [0.1, 0.15) is 21.3 Å². The molecular weight excluding hydrogens is 140 g/mol. The van der Waals surface area contributed by atoms with E-state index >= 15 is 0 Å². The van der Waals surface area contributed by atoms with Gasteiger partial charge in [-0.05, 0) is 0 Å². The van der Waals surface area contributed by atoms with Crippen molar-refractivity contribution in [3.05, 3.63) is 0 Å². The average Bonchev–Trinajstić information content (AvgIpc) is 1.88. The van der Waals surface area contributed by atoms with E-state index in [1.165, 1.54) is 0 Å². The van der Waals surface area contributed by atoms with Crippen LogP contribution in [-0.2, 0) is 4.74 Å². The van der Waals surface area contributed by atoms with E-state index in [4.69, 9.17) is 5.73 Å². The molecule has 0 radical (unpaired) electrons. The lowest BCUT2D eigenvalue weighted by Crippen LogP contribution is -2.10. The Hall–Kier alpha value is -0.220. The van der Waals surface area contributed by atoms with Crippen LogP contribution in [0, 0.1) is 0 Å². The third kappa shape index (κ3) is 25.0. The topological polar surface area (TPSA) is 35.2 Å². The molecule has 0 unspecified atom stereocenters. The first-order valence-corrected chi connectivity index (χ1v) is 2.87. The normalized spacial score (nSPS) is 7.80. The highest BCUT2D eigenvalue weighted by atomic mass is 19.3. The Morgan fingerprint density at radius 1 is 1.40 bits per heavy atom. The molecule has 4 heteroatoms. The van der Waals surface area contributed by atoms with E-state index < -0.39 is 6.61 Å². The molecule has 0 aromatic rings. The number of alkyl halides is 2. The molecule has 0 aliphatic rings. The van der Waals surface area contributed by atoms with Crippen molar-refractivity contribution in [1.29, 1.82) is 0 Å². The fraction of sp³-hybridized carbons (Fsp3) is 1.00. The van der Waals surface area contributed by atoms with Crippen molar-refractivity contribution in [2.45, 2.75) is 27.9 Å². The predicted molar refractivity (Wildman–Crippen MR) is 39.1 cm³/mol. The fourth-order valence-corrected chi connectivity index (χ4v) is 0.157. The molecule has 0 spiro atoms. The van der Waals surface area contributed by atoms with Crippen LogP contribution in [-0.4, -0.2) is 19.8 Å². The molecule has 0 heterocycles. The molecule has 10 heavy (non-hydrogen) atoms. The summed E-state index contributed by atoms with van der Waals surface area (Å²) in [6.07, 6.45) is 0. The highest BCUT2D eigenvalue weighted by molar-refractivity contribution is 4.25. The maximum Gasteiger partial charge on any atom is 0.345 e. The van der Waals surface area contributed by atoms with Crippen LogP contribution in [0.3, 0.4) is 0 Å². The smallest absolute Gasteiger partial charge is 0.328 e. The predicted octanol–water partition coefficient (Wildman–Crippen LogP) is 1.85. The average molecular weight is 157 g/mol. The van der Waals surface area contributed by atoms with Gasteiger partial charge in [-0.15, -0.1) is 0 Å². The maximum atomic E-state index is 10.9. The summed E-state index contributed by atoms with van der Waals surface area (Å²) in [5.74, 6) is 0. The van der Waals surface area contributed by atoms with E-state index in [0.29, 0.717) is 0 Å². The number of nitrogens with two attached hydrogens (primary N) is 1. The molecule has 0 aliphatic carbocycles. The van der Waals surface area contributed by atoms with Gasteiger partial charge in [-0.2, -0.15) is 8.78 Å². The molecule has 2 nitrogen and oxygen atoms in total. The zero-order valence-electron chi connectivity index (χ0n) is 5.73. The van der Waals surface area contributed by atoms with Gasteiger partial charge in [0.05, 0.1) is 6.61 Å². The van der Waals surface area contributed by atoms with Gasteiger partial charge in [-0.25, -0.2) is 0 Å². The van der Waals surface area contributed by atoms with Crippen LogP contribution in [0.4, 0.5) is 8.78 Å². The van der Waals surface area contributed by atoms with Crippen molar-refractivity contribution in [2.75, 3.05) is 13.2 Å². The minimum atomic E-state index is -2.68. The third-order valence-corrected chi connectivity index (χ3v) is 0.362. The third-order valence-electron chi connectivity index (χ3n) is 0.362. The molecule has 0 saturated carbocycles. The Kier molecular flexibility index (Phi) is 26.1. The van der Waals surface area contributed by atoms with E-state index in [1.54, 1.807) is 0 Å². The standard InChI is InChI=1S/C3H7F2NO.C2H6.CH4/c4-3(5)7-2-1-6;1-2;/h3H,1-2,6H2;1-2H3;1H4. The summed E-state index contributed by atoms with van der Waals surface area (Å²) in [5, 5.41) is 0. The van der Waals surface area contributed by atoms with Gasteiger partial charge < -0.3 is 10.5 Å². The van der Waals surface area contributed by atoms with E-state index in [9.17, 15) is 8.78 Å². The number of halogens is 2. The van der Waals surface area contributed by atoms with Gasteiger partial charge in [0, 0.05) is 6.54 Å². The number of ether oxygens (including phenoxy) is 1. The lowest BCUT2D eigenvalue weighted by molar-refractivity contribution is -0.126. The summed E-state index contributed by atoms with van der Waals surface area (Å²) in [4.78, 5) is 0. The van der Waals surface area contributed by atoms with Crippen molar-refractivity contribution in [3.8, 4) is 0 Å². The van der Waals surface area contributed by atoms with Gasteiger partial charge in [-0.3, -0.25) is 0 Å². The zero-order chi connectivity index (χ0) is 7.70. The summed E-state index contributed by atoms with van der Waals surface area (Å²) in [5.41, 5.74) is 4.82. The van der Waals surface area contributed by atoms with Crippen LogP contribution < -0.4 is 5.73 Å². The first kappa shape index (κ1) is 16.4. The van der Waals surface area contributed by atoms with Gasteiger partial charge in [-0.1, -0.05) is 21.3 Å². The van der Waals surface area contributed by atoms with Crippen molar-refractivity contribution in [2.24, 2.45) is 5.73 Å². The Morgan fingerprint density at radius 2 is 1.80 bits per heavy atom. The summed E-state index contributed by atoms with van der Waals surface area (Å²) < 4.78 is 25.6. The van der Waals surface area contributed by atoms with Crippen molar-refractivity contribution < 1.29 is 13.5 Å². The highest BCUT2D eigenvalue weighted by Crippen LogP contribution is 1.90. The molecule has 0 rings (SSSR count). The lowest BCUT2D eigenvalue weighted by atomic mass is 10.7. The second-order valence-corrected chi connectivity index (χ2v) is 0.920. The Morgan fingerprint density at radius 3 is 1.90 bits per heavy atom. The highest BCUT2D eigenvalue weighted by Gasteiger charge is 1.96. The van der Waals surface area contributed by atoms with Crippen molar-refractivity contribution in [1.82, 2.24) is 0 Å². The summed E-state index contributed by atoms with van der Waals surface area (Å²) in [6.45, 7) is 1.39.